The molecule has 0 spiro atoms. The van der Waals surface area contributed by atoms with Crippen molar-refractivity contribution in [3.8, 4) is 5.75 Å². The number of carbonyl (C=O) groups is 3. The number of carbonyl (C=O) groups excluding carboxylic acids is 2. The number of aliphatic carboxylic acids is 1. The minimum atomic E-state index is -1.50. The van der Waals surface area contributed by atoms with Crippen LogP contribution in [0.15, 0.2) is 18.2 Å². The predicted octanol–water partition coefficient (Wildman–Crippen LogP) is 1.16. The molecular weight excluding hydrogens is 414 g/mol. The van der Waals surface area contributed by atoms with Gasteiger partial charge in [-0.05, 0) is 44.4 Å². The number of nitrogens with one attached hydrogen (secondary N) is 2. The molecule has 0 fully saturated rings. The van der Waals surface area contributed by atoms with Crippen LogP contribution in [-0.2, 0) is 9.59 Å². The van der Waals surface area contributed by atoms with Crippen LogP contribution in [0, 0.1) is 5.92 Å². The average Bonchev–Trinajstić information content (AvgIpc) is 2.63. The lowest BCUT2D eigenvalue weighted by molar-refractivity contribution is -0.145. The van der Waals surface area contributed by atoms with Gasteiger partial charge in [0.05, 0.1) is 11.7 Å². The van der Waals surface area contributed by atoms with E-state index in [0.29, 0.717) is 5.02 Å². The highest BCUT2D eigenvalue weighted by Crippen LogP contribution is 2.23. The number of carboxylic acids is 1. The fraction of sp³-hybridized carbons (Fsp3) is 0.550. The number of halogens is 1. The van der Waals surface area contributed by atoms with E-state index in [1.165, 1.54) is 19.1 Å². The van der Waals surface area contributed by atoms with Crippen molar-refractivity contribution in [1.29, 1.82) is 0 Å². The molecule has 2 amide bonds. The van der Waals surface area contributed by atoms with Crippen LogP contribution in [0.1, 0.15) is 44.5 Å². The number of amides is 2. The summed E-state index contributed by atoms with van der Waals surface area (Å²) in [7, 11) is 0. The molecule has 4 atom stereocenters. The van der Waals surface area contributed by atoms with Gasteiger partial charge in [-0.1, -0.05) is 25.4 Å². The fourth-order valence-corrected chi connectivity index (χ4v) is 2.78. The number of aliphatic hydroxyl groups excluding tert-OH is 1. The summed E-state index contributed by atoms with van der Waals surface area (Å²) < 4.78 is 5.57. The number of nitrogens with two attached hydrogens (primary N) is 1. The summed E-state index contributed by atoms with van der Waals surface area (Å²) >= 11 is 6.01. The molecule has 0 aliphatic rings. The van der Waals surface area contributed by atoms with Crippen molar-refractivity contribution in [3.63, 3.8) is 0 Å². The van der Waals surface area contributed by atoms with Gasteiger partial charge in [0.1, 0.15) is 18.4 Å². The standard InChI is InChI=1S/C20H30ClN3O6/c1-10(2)7-15(19(27)24-17(12(4)25)20(28)29)23-18(26)14-8-13(21)5-6-16(14)30-9-11(3)22/h5-6,8,10-12,15,17,25H,7,9,22H2,1-4H3,(H,23,26)(H,24,27)(H,28,29)/t11-,12+,15-,17-/m0/s1. The molecule has 9 nitrogen and oxygen atoms in total. The lowest BCUT2D eigenvalue weighted by atomic mass is 10.0. The maximum atomic E-state index is 12.9. The van der Waals surface area contributed by atoms with Gasteiger partial charge in [-0.3, -0.25) is 9.59 Å². The van der Waals surface area contributed by atoms with E-state index in [9.17, 15) is 24.6 Å². The zero-order valence-electron chi connectivity index (χ0n) is 17.5. The molecule has 0 radical (unpaired) electrons. The Labute approximate surface area is 180 Å². The predicted molar refractivity (Wildman–Crippen MR) is 113 cm³/mol. The van der Waals surface area contributed by atoms with Crippen LogP contribution in [0.4, 0.5) is 0 Å². The van der Waals surface area contributed by atoms with Crippen molar-refractivity contribution < 1.29 is 29.3 Å². The second kappa shape index (κ2) is 11.7. The second-order valence-electron chi connectivity index (χ2n) is 7.65. The Kier molecular flexibility index (Phi) is 10.0. The fourth-order valence-electron chi connectivity index (χ4n) is 2.61. The van der Waals surface area contributed by atoms with Gasteiger partial charge < -0.3 is 31.3 Å². The summed E-state index contributed by atoms with van der Waals surface area (Å²) in [6, 6.07) is 1.72. The summed E-state index contributed by atoms with van der Waals surface area (Å²) in [6.45, 7) is 6.88. The van der Waals surface area contributed by atoms with E-state index in [-0.39, 0.29) is 36.3 Å². The van der Waals surface area contributed by atoms with E-state index in [1.54, 1.807) is 13.0 Å². The first-order chi connectivity index (χ1) is 13.9. The van der Waals surface area contributed by atoms with Crippen LogP contribution < -0.4 is 21.1 Å². The van der Waals surface area contributed by atoms with Gasteiger partial charge in [0, 0.05) is 11.1 Å². The van der Waals surface area contributed by atoms with Crippen LogP contribution in [0.5, 0.6) is 5.75 Å². The number of hydrogen-bond acceptors (Lipinski definition) is 6. The van der Waals surface area contributed by atoms with Crippen LogP contribution in [-0.4, -0.2) is 58.8 Å². The summed E-state index contributed by atoms with van der Waals surface area (Å²) in [4.78, 5) is 36.8. The van der Waals surface area contributed by atoms with Gasteiger partial charge in [-0.15, -0.1) is 0 Å². The third-order valence-electron chi connectivity index (χ3n) is 4.06. The van der Waals surface area contributed by atoms with Gasteiger partial charge in [0.2, 0.25) is 5.91 Å². The molecule has 0 unspecified atom stereocenters. The Hall–Kier alpha value is -2.36. The Morgan fingerprint density at radius 1 is 1.17 bits per heavy atom. The van der Waals surface area contributed by atoms with Gasteiger partial charge in [0.25, 0.3) is 5.91 Å². The molecule has 1 aromatic carbocycles. The molecule has 10 heteroatoms. The zero-order chi connectivity index (χ0) is 23.0. The third kappa shape index (κ3) is 8.17. The minimum absolute atomic E-state index is 0.0176. The third-order valence-corrected chi connectivity index (χ3v) is 4.30. The quantitative estimate of drug-likeness (QED) is 0.344. The molecule has 0 aliphatic heterocycles. The van der Waals surface area contributed by atoms with Crippen molar-refractivity contribution in [2.75, 3.05) is 6.61 Å². The van der Waals surface area contributed by atoms with Crippen LogP contribution in [0.25, 0.3) is 0 Å². The topological polar surface area (TPSA) is 151 Å². The van der Waals surface area contributed by atoms with Gasteiger partial charge in [-0.2, -0.15) is 0 Å². The van der Waals surface area contributed by atoms with E-state index in [4.69, 9.17) is 22.1 Å². The first kappa shape index (κ1) is 25.7. The summed E-state index contributed by atoms with van der Waals surface area (Å²) in [5.74, 6) is -2.43. The number of rotatable bonds is 11. The highest BCUT2D eigenvalue weighted by molar-refractivity contribution is 6.31. The van der Waals surface area contributed by atoms with Gasteiger partial charge in [0.15, 0.2) is 6.04 Å². The summed E-state index contributed by atoms with van der Waals surface area (Å²) in [5, 5.41) is 24.0. The number of carboxylic acid groups (broad SMARTS) is 1. The molecule has 0 aliphatic carbocycles. The molecule has 0 bridgehead atoms. The normalized spacial score (nSPS) is 15.1. The molecular formula is C20H30ClN3O6. The molecule has 6 N–H and O–H groups in total. The molecule has 0 saturated carbocycles. The first-order valence-electron chi connectivity index (χ1n) is 9.62. The molecule has 30 heavy (non-hydrogen) atoms. The van der Waals surface area contributed by atoms with Crippen molar-refractivity contribution in [1.82, 2.24) is 10.6 Å². The number of ether oxygens (including phenoxy) is 1. The highest BCUT2D eigenvalue weighted by atomic mass is 35.5. The Morgan fingerprint density at radius 3 is 2.30 bits per heavy atom. The van der Waals surface area contributed by atoms with Crippen LogP contribution in [0.2, 0.25) is 5.02 Å². The van der Waals surface area contributed by atoms with E-state index < -0.39 is 36.0 Å². The lowest BCUT2D eigenvalue weighted by Gasteiger charge is -2.24. The van der Waals surface area contributed by atoms with Crippen molar-refractivity contribution in [2.24, 2.45) is 11.7 Å². The maximum Gasteiger partial charge on any atom is 0.328 e. The SMILES string of the molecule is CC(C)C[C@H](NC(=O)c1cc(Cl)ccc1OC[C@H](C)N)C(=O)N[C@H](C(=O)O)[C@@H](C)O. The monoisotopic (exact) mass is 443 g/mol. The second-order valence-corrected chi connectivity index (χ2v) is 8.09. The van der Waals surface area contributed by atoms with E-state index in [0.717, 1.165) is 0 Å². The lowest BCUT2D eigenvalue weighted by Crippen LogP contribution is -2.55. The smallest absolute Gasteiger partial charge is 0.328 e. The van der Waals surface area contributed by atoms with Crippen LogP contribution in [0.3, 0.4) is 0 Å². The van der Waals surface area contributed by atoms with Gasteiger partial charge >= 0.3 is 5.97 Å². The maximum absolute atomic E-state index is 12.9. The highest BCUT2D eigenvalue weighted by Gasteiger charge is 2.30. The molecule has 1 rings (SSSR count). The summed E-state index contributed by atoms with van der Waals surface area (Å²) in [6.07, 6.45) is -1.06. The number of benzene rings is 1. The van der Waals surface area contributed by atoms with Crippen molar-refractivity contribution in [2.45, 2.75) is 58.3 Å². The van der Waals surface area contributed by atoms with E-state index in [1.807, 2.05) is 13.8 Å². The Morgan fingerprint density at radius 2 is 1.80 bits per heavy atom. The summed E-state index contributed by atoms with van der Waals surface area (Å²) in [5.41, 5.74) is 5.81. The Bertz CT molecular complexity index is 754. The van der Waals surface area contributed by atoms with Gasteiger partial charge in [-0.25, -0.2) is 4.79 Å². The van der Waals surface area contributed by atoms with E-state index in [2.05, 4.69) is 10.6 Å². The van der Waals surface area contributed by atoms with Crippen molar-refractivity contribution >= 4 is 29.4 Å². The molecule has 0 aromatic heterocycles. The number of hydrogen-bond donors (Lipinski definition) is 5. The first-order valence-corrected chi connectivity index (χ1v) is 10.00. The Balaban J connectivity index is 3.08. The number of aliphatic hydroxyl groups is 1. The van der Waals surface area contributed by atoms with Crippen LogP contribution >= 0.6 is 11.6 Å². The minimum Gasteiger partial charge on any atom is -0.491 e. The molecule has 168 valence electrons. The van der Waals surface area contributed by atoms with Crippen molar-refractivity contribution in [3.05, 3.63) is 28.8 Å². The van der Waals surface area contributed by atoms with E-state index >= 15 is 0 Å². The largest absolute Gasteiger partial charge is 0.491 e. The molecule has 1 aromatic rings. The average molecular weight is 444 g/mol. The zero-order valence-corrected chi connectivity index (χ0v) is 18.3. The molecule has 0 heterocycles. The molecule has 0 saturated heterocycles.